The van der Waals surface area contributed by atoms with Crippen LogP contribution in [0.3, 0.4) is 0 Å². The van der Waals surface area contributed by atoms with Crippen molar-refractivity contribution in [1.29, 1.82) is 0 Å². The Hall–Kier alpha value is -10.1. The first-order valence-corrected chi connectivity index (χ1v) is 47.9. The lowest BCUT2D eigenvalue weighted by Crippen LogP contribution is -2.28. The third-order valence-corrected chi connectivity index (χ3v) is 22.0. The molecule has 3 amide bonds. The second-order valence-electron chi connectivity index (χ2n) is 29.0. The standard InChI is InChI=1S/C27H34ClN5O10P2.2C27H33ClN5O7P/c1-2-3-4-23-32-25-26(33(23)16-18-14-19(42-44(35,36)37)6-8-22(18)43-45(38,39)40)20-7-5-17(13-21(20)31-27(25)29)9-11-41-12-10-30-24(34)15-28;1-2-3-4-23-32-25-26(33(23)16-18-14-19(6-8-22(18)34)40-41(36,37)38)20-7-5-17(13-21(20)31-27(25)29)9-11-39-12-10-30-24(35)15-28;1-2-3-4-23-32-25-26(33(23)16-18-14-19(34)6-8-22(18)40-41(36,37)38)20-7-5-17(13-21(20)31-27(25)29)9-11-39-12-10-30-24(35)15-28/h5-8,13-14H,2-4,9-12,15-16H2,1H3,(H2,29,31)(H,30,34)(H2,35,36,37)(H2,38,39,40);2*5-8,13-14,34H,2-4,9-12,15-16H2,1H3,(H2,29,31)(H,30,35)(H2,36,37,38). The Bertz CT molecular complexity index is 6110. The molecular weight excluding hydrogens is 1800 g/mol. The number of hydrogen-bond acceptors (Lipinski definition) is 25. The van der Waals surface area contributed by atoms with Crippen molar-refractivity contribution in [3.8, 4) is 34.5 Å². The van der Waals surface area contributed by atoms with Crippen LogP contribution in [0.4, 0.5) is 17.5 Å². The molecule has 12 aromatic rings. The molecule has 0 bridgehead atoms. The molecule has 684 valence electrons. The van der Waals surface area contributed by atoms with Gasteiger partial charge in [-0.2, -0.15) is 0 Å². The van der Waals surface area contributed by atoms with E-state index < -0.39 is 31.3 Å². The number of phosphoric acid groups is 4. The topological polar surface area (TPSA) is 593 Å². The summed E-state index contributed by atoms with van der Waals surface area (Å²) in [6, 6.07) is 29.0. The van der Waals surface area contributed by atoms with Crippen LogP contribution >= 0.6 is 66.1 Å². The number of amides is 3. The molecule has 0 radical (unpaired) electrons. The van der Waals surface area contributed by atoms with Gasteiger partial charge in [-0.15, -0.1) is 34.8 Å². The van der Waals surface area contributed by atoms with Crippen LogP contribution < -0.4 is 51.2 Å². The van der Waals surface area contributed by atoms with Crippen LogP contribution in [0.5, 0.6) is 34.5 Å². The molecule has 0 spiro atoms. The van der Waals surface area contributed by atoms with E-state index in [2.05, 4.69) is 44.7 Å². The first-order valence-electron chi connectivity index (χ1n) is 40.2. The van der Waals surface area contributed by atoms with E-state index in [-0.39, 0.29) is 113 Å². The van der Waals surface area contributed by atoms with Gasteiger partial charge >= 0.3 is 31.3 Å². The number of unbranched alkanes of at least 4 members (excludes halogenated alkanes) is 3. The number of phenolic OH excluding ortho intramolecular Hbond substituents is 2. The molecule has 6 aromatic carbocycles. The van der Waals surface area contributed by atoms with E-state index in [0.29, 0.717) is 159 Å². The molecule has 0 saturated heterocycles. The molecule has 19 N–H and O–H groups in total. The third-order valence-electron chi connectivity index (χ3n) is 19.5. The Morgan fingerprint density at radius 1 is 0.386 bits per heavy atom. The summed E-state index contributed by atoms with van der Waals surface area (Å²) >= 11 is 16.4. The van der Waals surface area contributed by atoms with Gasteiger partial charge in [0.1, 0.15) is 86.2 Å². The number of phenols is 2. The van der Waals surface area contributed by atoms with E-state index in [0.717, 1.165) is 94.7 Å². The highest BCUT2D eigenvalue weighted by Gasteiger charge is 2.28. The molecule has 39 nitrogen and oxygen atoms in total. The van der Waals surface area contributed by atoms with E-state index in [9.17, 15) is 82.0 Å². The molecule has 0 aliphatic carbocycles. The highest BCUT2D eigenvalue weighted by molar-refractivity contribution is 7.47. The fourth-order valence-corrected chi connectivity index (χ4v) is 15.7. The van der Waals surface area contributed by atoms with Crippen molar-refractivity contribution in [3.63, 3.8) is 0 Å². The summed E-state index contributed by atoms with van der Waals surface area (Å²) in [6.07, 6.45) is 8.90. The number of nitrogens with two attached hydrogens (primary N) is 3. The van der Waals surface area contributed by atoms with Crippen LogP contribution in [0.25, 0.3) is 65.8 Å². The number of nitrogen functional groups attached to an aromatic ring is 3. The fourth-order valence-electron chi connectivity index (χ4n) is 13.8. The van der Waals surface area contributed by atoms with Crippen molar-refractivity contribution in [3.05, 3.63) is 160 Å². The summed E-state index contributed by atoms with van der Waals surface area (Å²) < 4.78 is 88.1. The summed E-state index contributed by atoms with van der Waals surface area (Å²) in [4.78, 5) is 137. The number of benzene rings is 6. The molecule has 46 heteroatoms. The summed E-state index contributed by atoms with van der Waals surface area (Å²) in [7, 11) is -19.5. The lowest BCUT2D eigenvalue weighted by atomic mass is 10.1. The second kappa shape index (κ2) is 45.8. The van der Waals surface area contributed by atoms with E-state index in [4.69, 9.17) is 99.3 Å². The zero-order valence-corrected chi connectivity index (χ0v) is 75.2. The first kappa shape index (κ1) is 99.1. The molecular formula is C81H100Cl3N15O24P4. The van der Waals surface area contributed by atoms with Gasteiger partial charge in [-0.25, -0.2) is 48.2 Å². The smallest absolute Gasteiger partial charge is 0.508 e. The maximum Gasteiger partial charge on any atom is 0.524 e. The molecule has 12 rings (SSSR count). The van der Waals surface area contributed by atoms with E-state index >= 15 is 0 Å². The predicted molar refractivity (Wildman–Crippen MR) is 480 cm³/mol. The van der Waals surface area contributed by atoms with Crippen LogP contribution in [0, 0.1) is 0 Å². The third kappa shape index (κ3) is 28.7. The summed E-state index contributed by atoms with van der Waals surface area (Å²) in [5, 5.41) is 31.0. The fraction of sp³-hybridized carbons (Fsp3) is 0.370. The van der Waals surface area contributed by atoms with Crippen molar-refractivity contribution < 1.29 is 114 Å². The van der Waals surface area contributed by atoms with Gasteiger partial charge in [0.05, 0.1) is 92.4 Å². The minimum absolute atomic E-state index is 0.0460. The van der Waals surface area contributed by atoms with Gasteiger partial charge in [0.25, 0.3) is 0 Å². The number of pyridine rings is 3. The number of hydrogen-bond donors (Lipinski definition) is 16. The van der Waals surface area contributed by atoms with E-state index in [1.807, 2.05) is 75.2 Å². The maximum absolute atomic E-state index is 11.7. The molecule has 0 fully saturated rings. The minimum atomic E-state index is -5.00. The van der Waals surface area contributed by atoms with Crippen molar-refractivity contribution >= 4 is 167 Å². The molecule has 6 heterocycles. The maximum atomic E-state index is 11.7. The number of fused-ring (bicyclic) bond motifs is 9. The quantitative estimate of drug-likeness (QED) is 0.00958. The van der Waals surface area contributed by atoms with Crippen molar-refractivity contribution in [2.45, 2.75) is 117 Å². The summed E-state index contributed by atoms with van der Waals surface area (Å²) in [5.41, 5.74) is 28.5. The lowest BCUT2D eigenvalue weighted by molar-refractivity contribution is -0.119. The Balaban J connectivity index is 0.000000199. The number of nitrogens with zero attached hydrogens (tertiary/aromatic N) is 9. The Morgan fingerprint density at radius 2 is 0.701 bits per heavy atom. The van der Waals surface area contributed by atoms with Gasteiger partial charge in [0.2, 0.25) is 17.7 Å². The number of ether oxygens (including phenoxy) is 3. The van der Waals surface area contributed by atoms with Gasteiger partial charge in [0.15, 0.2) is 17.5 Å². The van der Waals surface area contributed by atoms with Crippen LogP contribution in [0.2, 0.25) is 0 Å². The average Bonchev–Trinajstić information content (AvgIpc) is 1.62. The number of rotatable bonds is 44. The summed E-state index contributed by atoms with van der Waals surface area (Å²) in [5.74, 6) is 1.11. The largest absolute Gasteiger partial charge is 0.524 e. The van der Waals surface area contributed by atoms with E-state index in [1.165, 1.54) is 48.5 Å². The van der Waals surface area contributed by atoms with Gasteiger partial charge in [-0.05, 0) is 128 Å². The second-order valence-corrected chi connectivity index (χ2v) is 34.5. The van der Waals surface area contributed by atoms with Gasteiger partial charge in [-0.1, -0.05) is 76.4 Å². The molecule has 0 aliphatic rings. The van der Waals surface area contributed by atoms with Crippen LogP contribution in [0.1, 0.15) is 110 Å². The molecule has 127 heavy (non-hydrogen) atoms. The molecule has 0 atom stereocenters. The number of phosphoric ester groups is 4. The Morgan fingerprint density at radius 3 is 1.03 bits per heavy atom. The number of aryl methyl sites for hydroxylation is 3. The van der Waals surface area contributed by atoms with Crippen LogP contribution in [-0.4, -0.2) is 188 Å². The highest BCUT2D eigenvalue weighted by Crippen LogP contribution is 2.46. The van der Waals surface area contributed by atoms with Crippen molar-refractivity contribution in [2.75, 3.05) is 94.1 Å². The first-order chi connectivity index (χ1) is 60.5. The SMILES string of the molecule is CCCCc1nc2c(N)nc3cc(CCOCCNC(=O)CCl)ccc3c2n1Cc1cc(O)ccc1OP(=O)(O)O.CCCCc1nc2c(N)nc3cc(CCOCCNC(=O)CCl)ccc3c2n1Cc1cc(OP(=O)(O)O)ccc1O.CCCCc1nc2c(N)nc3cc(CCOCCNC(=O)CCl)ccc3c2n1Cc1cc(OP(=O)(O)O)ccc1OP(=O)(O)O. The van der Waals surface area contributed by atoms with Gasteiger partial charge < -0.3 is 89.4 Å². The van der Waals surface area contributed by atoms with Crippen LogP contribution in [0.15, 0.2) is 109 Å². The number of nitrogens with one attached hydrogen (secondary N) is 3. The normalized spacial score (nSPS) is 11.9. The number of halogens is 3. The Labute approximate surface area is 742 Å². The molecule has 0 saturated carbocycles. The van der Waals surface area contributed by atoms with Crippen molar-refractivity contribution in [1.82, 2.24) is 59.6 Å². The zero-order valence-electron chi connectivity index (χ0n) is 69.4. The van der Waals surface area contributed by atoms with Crippen LogP contribution in [-0.2, 0) is 105 Å². The number of aromatic hydroxyl groups is 2. The van der Waals surface area contributed by atoms with Crippen molar-refractivity contribution in [2.24, 2.45) is 0 Å². The number of alkyl halides is 3. The average molecular weight is 1900 g/mol. The number of aromatic nitrogens is 9. The molecule has 0 aliphatic heterocycles. The monoisotopic (exact) mass is 1900 g/mol. The number of anilines is 3. The van der Waals surface area contributed by atoms with E-state index in [1.54, 1.807) is 0 Å². The highest BCUT2D eigenvalue weighted by atomic mass is 35.5. The minimum Gasteiger partial charge on any atom is -0.508 e. The number of imidazole rings is 3. The van der Waals surface area contributed by atoms with Gasteiger partial charge in [-0.3, -0.25) is 53.5 Å². The lowest BCUT2D eigenvalue weighted by Gasteiger charge is -2.17. The summed E-state index contributed by atoms with van der Waals surface area (Å²) in [6.45, 7) is 9.85. The predicted octanol–water partition coefficient (Wildman–Crippen LogP) is 10.7. The molecule has 0 unspecified atom stereocenters. The number of carbonyl (C=O) groups excluding carboxylic acids is 3. The zero-order chi connectivity index (χ0) is 91.9. The molecule has 6 aromatic heterocycles. The Kier molecular flexibility index (Phi) is 35.7. The van der Waals surface area contributed by atoms with Gasteiger partial charge in [0, 0.05) is 71.7 Å². The number of carbonyl (C=O) groups is 3.